The average molecular weight is 268 g/mol. The Balaban J connectivity index is 2.93. The van der Waals surface area contributed by atoms with E-state index in [1.54, 1.807) is 6.07 Å². The first-order valence-corrected chi connectivity index (χ1v) is 5.61. The van der Waals surface area contributed by atoms with Crippen molar-refractivity contribution in [3.8, 4) is 0 Å². The summed E-state index contributed by atoms with van der Waals surface area (Å²) in [7, 11) is 0. The Bertz CT molecular complexity index is 484. The molecule has 0 fully saturated rings. The maximum atomic E-state index is 10.9. The molecule has 1 aromatic rings. The lowest BCUT2D eigenvalue weighted by molar-refractivity contribution is -0.119. The van der Waals surface area contributed by atoms with Gasteiger partial charge in [0.25, 0.3) is 0 Å². The van der Waals surface area contributed by atoms with E-state index in [4.69, 9.17) is 5.11 Å². The number of carbonyl (C=O) groups excluding carboxylic acids is 1. The van der Waals surface area contributed by atoms with Crippen molar-refractivity contribution in [3.05, 3.63) is 35.4 Å². The maximum Gasteiger partial charge on any atom is 0.394 e. The van der Waals surface area contributed by atoms with Crippen LogP contribution in [0.4, 0.5) is 0 Å². The van der Waals surface area contributed by atoms with Crippen molar-refractivity contribution in [1.29, 1.82) is 0 Å². The highest BCUT2D eigenvalue weighted by Crippen LogP contribution is 2.11. The summed E-state index contributed by atoms with van der Waals surface area (Å²) in [6, 6.07) is 5.76. The molecule has 0 aliphatic rings. The van der Waals surface area contributed by atoms with Gasteiger partial charge in [0.05, 0.1) is 5.56 Å². The van der Waals surface area contributed by atoms with Crippen LogP contribution in [0.15, 0.2) is 24.3 Å². The number of hydrogen-bond acceptors (Lipinski definition) is 5. The van der Waals surface area contributed by atoms with E-state index < -0.39 is 24.6 Å². The molecule has 0 heterocycles. The monoisotopic (exact) mass is 268 g/mol. The summed E-state index contributed by atoms with van der Waals surface area (Å²) in [5, 5.41) is 38.7. The van der Waals surface area contributed by atoms with Crippen LogP contribution in [0.25, 0.3) is 0 Å². The van der Waals surface area contributed by atoms with Crippen molar-refractivity contribution in [2.24, 2.45) is 0 Å². The molecule has 0 unspecified atom stereocenters. The molecule has 19 heavy (non-hydrogen) atoms. The van der Waals surface area contributed by atoms with Crippen LogP contribution in [0.1, 0.15) is 22.8 Å². The number of carbonyl (C=O) groups is 2. The number of rotatable bonds is 5. The SMILES string of the molecule is CC(=O)N[C@@H](Cc1cccc(C(=O)O)c1)[B-](O)(O)O. The molecule has 0 aliphatic heterocycles. The molecular weight excluding hydrogens is 253 g/mol. The normalized spacial score (nSPS) is 12.8. The molecule has 104 valence electrons. The van der Waals surface area contributed by atoms with Gasteiger partial charge in [0.15, 0.2) is 0 Å². The summed E-state index contributed by atoms with van der Waals surface area (Å²) in [6.07, 6.45) is -0.107. The molecule has 7 nitrogen and oxygen atoms in total. The lowest BCUT2D eigenvalue weighted by Gasteiger charge is -2.32. The molecule has 0 spiro atoms. The number of carboxylic acid groups (broad SMARTS) is 1. The standard InChI is InChI=1S/C11H15BNO6/c1-7(14)13-10(12(17,18)19)6-8-3-2-4-9(5-8)11(15)16/h2-5,10,17-19H,6H2,1H3,(H,13,14)(H,15,16)/q-1/t10-/m0/s1. The van der Waals surface area contributed by atoms with Gasteiger partial charge in [-0.05, 0) is 30.1 Å². The summed E-state index contributed by atoms with van der Waals surface area (Å²) < 4.78 is 0. The second-order valence-corrected chi connectivity index (χ2v) is 4.31. The molecule has 8 heteroatoms. The second-order valence-electron chi connectivity index (χ2n) is 4.31. The van der Waals surface area contributed by atoms with Gasteiger partial charge < -0.3 is 25.5 Å². The summed E-state index contributed by atoms with van der Waals surface area (Å²) in [6.45, 7) is -2.58. The van der Waals surface area contributed by atoms with Gasteiger partial charge in [0, 0.05) is 6.92 Å². The molecule has 1 amide bonds. The number of benzene rings is 1. The summed E-state index contributed by atoms with van der Waals surface area (Å²) in [5.74, 6) is -2.96. The third kappa shape index (κ3) is 4.70. The van der Waals surface area contributed by atoms with Crippen LogP contribution < -0.4 is 5.32 Å². The van der Waals surface area contributed by atoms with Crippen molar-refractivity contribution in [3.63, 3.8) is 0 Å². The quantitative estimate of drug-likeness (QED) is 0.431. The van der Waals surface area contributed by atoms with Gasteiger partial charge in [-0.3, -0.25) is 4.79 Å². The number of aromatic carboxylic acids is 1. The van der Waals surface area contributed by atoms with E-state index >= 15 is 0 Å². The molecule has 0 saturated carbocycles. The van der Waals surface area contributed by atoms with E-state index in [9.17, 15) is 24.7 Å². The molecule has 1 atom stereocenters. The van der Waals surface area contributed by atoms with Crippen LogP contribution in [0.2, 0.25) is 0 Å². The second kappa shape index (κ2) is 5.83. The van der Waals surface area contributed by atoms with Crippen molar-refractivity contribution in [2.45, 2.75) is 19.3 Å². The number of nitrogens with one attached hydrogen (secondary N) is 1. The van der Waals surface area contributed by atoms with Crippen LogP contribution in [-0.4, -0.2) is 44.8 Å². The van der Waals surface area contributed by atoms with Gasteiger partial charge in [-0.15, -0.1) is 0 Å². The Hall–Kier alpha value is -1.90. The lowest BCUT2D eigenvalue weighted by atomic mass is 9.67. The summed E-state index contributed by atoms with van der Waals surface area (Å²) >= 11 is 0. The smallest absolute Gasteiger partial charge is 0.394 e. The Kier molecular flexibility index (Phi) is 4.65. The highest BCUT2D eigenvalue weighted by atomic mass is 16.5. The van der Waals surface area contributed by atoms with E-state index in [0.717, 1.165) is 0 Å². The molecule has 0 radical (unpaired) electrons. The molecule has 0 saturated heterocycles. The van der Waals surface area contributed by atoms with E-state index in [2.05, 4.69) is 5.32 Å². The number of carboxylic acids is 1. The van der Waals surface area contributed by atoms with Crippen LogP contribution >= 0.6 is 0 Å². The minimum atomic E-state index is -3.75. The largest absolute Gasteiger partial charge is 0.558 e. The van der Waals surface area contributed by atoms with Crippen molar-refractivity contribution < 1.29 is 29.8 Å². The van der Waals surface area contributed by atoms with Gasteiger partial charge in [0.2, 0.25) is 5.91 Å². The van der Waals surface area contributed by atoms with Crippen molar-refractivity contribution >= 4 is 18.6 Å². The predicted octanol–water partition coefficient (Wildman–Crippen LogP) is -1.11. The van der Waals surface area contributed by atoms with Gasteiger partial charge in [-0.1, -0.05) is 12.1 Å². The molecule has 1 rings (SSSR count). The highest BCUT2D eigenvalue weighted by molar-refractivity contribution is 6.58. The van der Waals surface area contributed by atoms with E-state index in [1.807, 2.05) is 0 Å². The van der Waals surface area contributed by atoms with E-state index in [0.29, 0.717) is 5.56 Å². The number of amides is 1. The van der Waals surface area contributed by atoms with Gasteiger partial charge in [-0.25, -0.2) is 4.79 Å². The third-order valence-corrected chi connectivity index (χ3v) is 2.56. The Morgan fingerprint density at radius 2 is 1.95 bits per heavy atom. The van der Waals surface area contributed by atoms with Crippen LogP contribution in [0.3, 0.4) is 0 Å². The minimum absolute atomic E-state index is 0.0333. The molecule has 0 aromatic heterocycles. The Morgan fingerprint density at radius 3 is 2.42 bits per heavy atom. The van der Waals surface area contributed by atoms with Crippen molar-refractivity contribution in [2.75, 3.05) is 0 Å². The topological polar surface area (TPSA) is 127 Å². The van der Waals surface area contributed by atoms with Crippen LogP contribution in [-0.2, 0) is 11.2 Å². The minimum Gasteiger partial charge on any atom is -0.558 e. The highest BCUT2D eigenvalue weighted by Gasteiger charge is 2.29. The van der Waals surface area contributed by atoms with Crippen LogP contribution in [0, 0.1) is 0 Å². The predicted molar refractivity (Wildman–Crippen MR) is 67.1 cm³/mol. The van der Waals surface area contributed by atoms with Crippen molar-refractivity contribution in [1.82, 2.24) is 5.32 Å². The fraction of sp³-hybridized carbons (Fsp3) is 0.273. The van der Waals surface area contributed by atoms with Gasteiger partial charge >= 0.3 is 12.7 Å². The van der Waals surface area contributed by atoms with E-state index in [-0.39, 0.29) is 12.0 Å². The molecule has 0 bridgehead atoms. The Labute approximate surface area is 109 Å². The first-order chi connectivity index (χ1) is 8.70. The zero-order chi connectivity index (χ0) is 14.6. The fourth-order valence-corrected chi connectivity index (χ4v) is 1.67. The molecule has 0 aliphatic carbocycles. The average Bonchev–Trinajstić information content (AvgIpc) is 2.26. The number of hydrogen-bond donors (Lipinski definition) is 5. The zero-order valence-electron chi connectivity index (χ0n) is 10.3. The first kappa shape index (κ1) is 15.2. The molecule has 1 aromatic carbocycles. The van der Waals surface area contributed by atoms with Crippen LogP contribution in [0.5, 0.6) is 0 Å². The summed E-state index contributed by atoms with van der Waals surface area (Å²) in [5.41, 5.74) is 0.480. The van der Waals surface area contributed by atoms with E-state index in [1.165, 1.54) is 25.1 Å². The van der Waals surface area contributed by atoms with Gasteiger partial charge in [0.1, 0.15) is 0 Å². The fourth-order valence-electron chi connectivity index (χ4n) is 1.67. The third-order valence-electron chi connectivity index (χ3n) is 2.56. The first-order valence-electron chi connectivity index (χ1n) is 5.61. The molecule has 5 N–H and O–H groups in total. The maximum absolute atomic E-state index is 10.9. The zero-order valence-corrected chi connectivity index (χ0v) is 10.3. The lowest BCUT2D eigenvalue weighted by Crippen LogP contribution is -2.58. The van der Waals surface area contributed by atoms with Gasteiger partial charge in [-0.2, -0.15) is 0 Å². The Morgan fingerprint density at radius 1 is 1.32 bits per heavy atom. The summed E-state index contributed by atoms with van der Waals surface area (Å²) in [4.78, 5) is 21.7. The molecular formula is C11H15BNO6-.